The van der Waals surface area contributed by atoms with Crippen LogP contribution in [0.25, 0.3) is 6.08 Å². The molecular formula is C15H20O7. The van der Waals surface area contributed by atoms with Gasteiger partial charge >= 0.3 is 5.97 Å². The third-order valence-electron chi connectivity index (χ3n) is 2.74. The van der Waals surface area contributed by atoms with Crippen LogP contribution in [0.2, 0.25) is 0 Å². The van der Waals surface area contributed by atoms with Crippen molar-refractivity contribution in [1.29, 1.82) is 0 Å². The zero-order valence-corrected chi connectivity index (χ0v) is 13.0. The van der Waals surface area contributed by atoms with E-state index in [1.165, 1.54) is 27.4 Å². The lowest BCUT2D eigenvalue weighted by molar-refractivity contribution is -0.150. The van der Waals surface area contributed by atoms with Crippen LogP contribution in [0.15, 0.2) is 18.2 Å². The fraction of sp³-hybridized carbons (Fsp3) is 0.400. The molecular weight excluding hydrogens is 292 g/mol. The van der Waals surface area contributed by atoms with Gasteiger partial charge in [-0.2, -0.15) is 0 Å². The number of benzene rings is 1. The SMILES string of the molecule is COc1cc(/C=C/C(=O)O)cc(OC)c1OCOC(C)OC. The molecule has 0 aliphatic carbocycles. The van der Waals surface area contributed by atoms with E-state index in [1.54, 1.807) is 19.1 Å². The average Bonchev–Trinajstić information content (AvgIpc) is 2.52. The molecule has 7 nitrogen and oxygen atoms in total. The predicted octanol–water partition coefficient (Wildman–Crippen LogP) is 2.15. The van der Waals surface area contributed by atoms with Gasteiger partial charge in [-0.25, -0.2) is 4.79 Å². The standard InChI is InChI=1S/C15H20O7/c1-10(18-2)21-9-22-15-12(19-3)7-11(5-6-14(16)17)8-13(15)20-4/h5-8,10H,9H2,1-4H3,(H,16,17)/b6-5+. The number of rotatable bonds is 9. The second-order valence-electron chi connectivity index (χ2n) is 4.16. The van der Waals surface area contributed by atoms with Gasteiger partial charge in [-0.3, -0.25) is 0 Å². The van der Waals surface area contributed by atoms with Crippen LogP contribution in [0.4, 0.5) is 0 Å². The molecule has 0 bridgehead atoms. The van der Waals surface area contributed by atoms with Gasteiger partial charge in [-0.05, 0) is 30.7 Å². The molecule has 0 spiro atoms. The molecule has 0 heterocycles. The van der Waals surface area contributed by atoms with Crippen LogP contribution in [0, 0.1) is 0 Å². The molecule has 0 aliphatic heterocycles. The number of methoxy groups -OCH3 is 3. The van der Waals surface area contributed by atoms with E-state index in [0.29, 0.717) is 22.8 Å². The monoisotopic (exact) mass is 312 g/mol. The third-order valence-corrected chi connectivity index (χ3v) is 2.74. The molecule has 1 aromatic rings. The lowest BCUT2D eigenvalue weighted by atomic mass is 10.1. The molecule has 0 aromatic heterocycles. The summed E-state index contributed by atoms with van der Waals surface area (Å²) < 4.78 is 26.2. The Bertz CT molecular complexity index is 500. The lowest BCUT2D eigenvalue weighted by Gasteiger charge is -2.17. The summed E-state index contributed by atoms with van der Waals surface area (Å²) in [6, 6.07) is 3.27. The second kappa shape index (κ2) is 8.91. The largest absolute Gasteiger partial charge is 0.493 e. The van der Waals surface area contributed by atoms with Crippen LogP contribution in [0.3, 0.4) is 0 Å². The highest BCUT2D eigenvalue weighted by atomic mass is 16.7. The first-order valence-corrected chi connectivity index (χ1v) is 6.46. The topological polar surface area (TPSA) is 83.5 Å². The molecule has 1 aromatic carbocycles. The minimum Gasteiger partial charge on any atom is -0.493 e. The number of hydrogen-bond donors (Lipinski definition) is 1. The first-order valence-electron chi connectivity index (χ1n) is 6.46. The Kier molecular flexibility index (Phi) is 7.21. The van der Waals surface area contributed by atoms with Crippen LogP contribution in [-0.2, 0) is 14.3 Å². The number of hydrogen-bond acceptors (Lipinski definition) is 6. The molecule has 1 unspecified atom stereocenters. The second-order valence-corrected chi connectivity index (χ2v) is 4.16. The van der Waals surface area contributed by atoms with Crippen molar-refractivity contribution in [2.75, 3.05) is 28.1 Å². The van der Waals surface area contributed by atoms with E-state index in [0.717, 1.165) is 6.08 Å². The third kappa shape index (κ3) is 5.27. The van der Waals surface area contributed by atoms with Crippen molar-refractivity contribution in [2.24, 2.45) is 0 Å². The maximum atomic E-state index is 10.6. The zero-order chi connectivity index (χ0) is 16.5. The molecule has 0 amide bonds. The molecule has 7 heteroatoms. The fourth-order valence-corrected chi connectivity index (χ4v) is 1.56. The fourth-order valence-electron chi connectivity index (χ4n) is 1.56. The summed E-state index contributed by atoms with van der Waals surface area (Å²) in [4.78, 5) is 10.6. The maximum absolute atomic E-state index is 10.6. The summed E-state index contributed by atoms with van der Waals surface area (Å²) >= 11 is 0. The zero-order valence-electron chi connectivity index (χ0n) is 13.0. The van der Waals surface area contributed by atoms with Crippen LogP contribution in [-0.4, -0.2) is 45.5 Å². The quantitative estimate of drug-likeness (QED) is 0.552. The predicted molar refractivity (Wildman–Crippen MR) is 79.3 cm³/mol. The van der Waals surface area contributed by atoms with Crippen LogP contribution in [0.5, 0.6) is 17.2 Å². The summed E-state index contributed by atoms with van der Waals surface area (Å²) in [5, 5.41) is 8.67. The van der Waals surface area contributed by atoms with Crippen molar-refractivity contribution in [3.8, 4) is 17.2 Å². The Morgan fingerprint density at radius 1 is 1.23 bits per heavy atom. The number of aliphatic carboxylic acids is 1. The van der Waals surface area contributed by atoms with Gasteiger partial charge in [0.15, 0.2) is 24.6 Å². The normalized spacial score (nSPS) is 12.2. The van der Waals surface area contributed by atoms with Crippen molar-refractivity contribution in [1.82, 2.24) is 0 Å². The Hall–Kier alpha value is -2.25. The van der Waals surface area contributed by atoms with E-state index >= 15 is 0 Å². The van der Waals surface area contributed by atoms with Crippen molar-refractivity contribution in [3.63, 3.8) is 0 Å². The lowest BCUT2D eigenvalue weighted by Crippen LogP contribution is -2.15. The van der Waals surface area contributed by atoms with Gasteiger partial charge in [0.05, 0.1) is 14.2 Å². The minimum absolute atomic E-state index is 0.0496. The van der Waals surface area contributed by atoms with E-state index < -0.39 is 12.3 Å². The van der Waals surface area contributed by atoms with Gasteiger partial charge in [0.25, 0.3) is 0 Å². The molecule has 1 N–H and O–H groups in total. The van der Waals surface area contributed by atoms with Gasteiger partial charge in [-0.15, -0.1) is 0 Å². The van der Waals surface area contributed by atoms with E-state index in [1.807, 2.05) is 0 Å². The van der Waals surface area contributed by atoms with Gasteiger partial charge in [0.1, 0.15) is 0 Å². The molecule has 1 rings (SSSR count). The molecule has 1 atom stereocenters. The molecule has 22 heavy (non-hydrogen) atoms. The first kappa shape index (κ1) is 17.8. The minimum atomic E-state index is -1.04. The Morgan fingerprint density at radius 3 is 2.27 bits per heavy atom. The van der Waals surface area contributed by atoms with E-state index in [9.17, 15) is 4.79 Å². The summed E-state index contributed by atoms with van der Waals surface area (Å²) in [7, 11) is 4.48. The van der Waals surface area contributed by atoms with Gasteiger partial charge < -0.3 is 28.8 Å². The highest BCUT2D eigenvalue weighted by Gasteiger charge is 2.14. The molecule has 0 saturated heterocycles. The number of carboxylic acids is 1. The summed E-state index contributed by atoms with van der Waals surface area (Å²) in [6.45, 7) is 1.68. The summed E-state index contributed by atoms with van der Waals surface area (Å²) in [5.41, 5.74) is 0.606. The number of carboxylic acid groups (broad SMARTS) is 1. The van der Waals surface area contributed by atoms with Crippen LogP contribution >= 0.6 is 0 Å². The maximum Gasteiger partial charge on any atom is 0.328 e. The molecule has 0 radical (unpaired) electrons. The Labute approximate surface area is 129 Å². The molecule has 0 fully saturated rings. The molecule has 0 saturated carbocycles. The summed E-state index contributed by atoms with van der Waals surface area (Å²) in [5.74, 6) is 0.122. The first-order chi connectivity index (χ1) is 10.5. The Morgan fingerprint density at radius 2 is 1.82 bits per heavy atom. The van der Waals surface area contributed by atoms with E-state index in [2.05, 4.69) is 0 Å². The van der Waals surface area contributed by atoms with Gasteiger partial charge in [-0.1, -0.05) is 0 Å². The van der Waals surface area contributed by atoms with Crippen molar-refractivity contribution in [3.05, 3.63) is 23.8 Å². The number of carbonyl (C=O) groups is 1. The highest BCUT2D eigenvalue weighted by molar-refractivity contribution is 5.85. The van der Waals surface area contributed by atoms with Crippen molar-refractivity contribution in [2.45, 2.75) is 13.2 Å². The van der Waals surface area contributed by atoms with Gasteiger partial charge in [0, 0.05) is 13.2 Å². The van der Waals surface area contributed by atoms with Gasteiger partial charge in [0.2, 0.25) is 5.75 Å². The summed E-state index contributed by atoms with van der Waals surface area (Å²) in [6.07, 6.45) is 2.05. The van der Waals surface area contributed by atoms with Crippen LogP contribution in [0.1, 0.15) is 12.5 Å². The van der Waals surface area contributed by atoms with Crippen molar-refractivity contribution >= 4 is 12.0 Å². The van der Waals surface area contributed by atoms with E-state index in [4.69, 9.17) is 28.8 Å². The highest BCUT2D eigenvalue weighted by Crippen LogP contribution is 2.39. The van der Waals surface area contributed by atoms with E-state index in [-0.39, 0.29) is 6.79 Å². The van der Waals surface area contributed by atoms with Crippen LogP contribution < -0.4 is 14.2 Å². The number of ether oxygens (including phenoxy) is 5. The smallest absolute Gasteiger partial charge is 0.328 e. The Balaban J connectivity index is 2.97. The van der Waals surface area contributed by atoms with Crippen molar-refractivity contribution < 1.29 is 33.6 Å². The molecule has 122 valence electrons. The molecule has 0 aliphatic rings. The average molecular weight is 312 g/mol.